The summed E-state index contributed by atoms with van der Waals surface area (Å²) in [6, 6.07) is 7.70. The summed E-state index contributed by atoms with van der Waals surface area (Å²) >= 11 is 0. The van der Waals surface area contributed by atoms with Gasteiger partial charge in [-0.25, -0.2) is 0 Å². The molecule has 1 amide bonds. The number of carbonyl (C=O) groups is 2. The fraction of sp³-hybridized carbons (Fsp3) is 0.500. The third-order valence-corrected chi connectivity index (χ3v) is 4.05. The Bertz CT molecular complexity index is 481. The van der Waals surface area contributed by atoms with Crippen LogP contribution in [0.4, 0.5) is 5.69 Å². The van der Waals surface area contributed by atoms with Crippen molar-refractivity contribution in [3.8, 4) is 0 Å². The molecule has 1 aliphatic carbocycles. The Kier molecular flexibility index (Phi) is 4.77. The van der Waals surface area contributed by atoms with Crippen molar-refractivity contribution in [2.45, 2.75) is 39.0 Å². The van der Waals surface area contributed by atoms with Gasteiger partial charge in [-0.2, -0.15) is 0 Å². The summed E-state index contributed by atoms with van der Waals surface area (Å²) < 4.78 is 0. The number of hydrogen-bond acceptors (Lipinski definition) is 2. The molecule has 1 aromatic rings. The van der Waals surface area contributed by atoms with Crippen LogP contribution in [0.3, 0.4) is 0 Å². The largest absolute Gasteiger partial charge is 0.481 e. The second kappa shape index (κ2) is 6.55. The molecule has 0 bridgehead atoms. The molecule has 0 aromatic heterocycles. The van der Waals surface area contributed by atoms with E-state index in [0.29, 0.717) is 12.8 Å². The van der Waals surface area contributed by atoms with Gasteiger partial charge in [0, 0.05) is 5.69 Å². The third kappa shape index (κ3) is 3.38. The van der Waals surface area contributed by atoms with Crippen LogP contribution in [0.15, 0.2) is 24.3 Å². The monoisotopic (exact) mass is 275 g/mol. The van der Waals surface area contributed by atoms with Gasteiger partial charge in [-0.05, 0) is 37.0 Å². The van der Waals surface area contributed by atoms with E-state index in [9.17, 15) is 14.7 Å². The van der Waals surface area contributed by atoms with Gasteiger partial charge >= 0.3 is 5.97 Å². The third-order valence-electron chi connectivity index (χ3n) is 4.05. The van der Waals surface area contributed by atoms with Crippen LogP contribution in [0.2, 0.25) is 0 Å². The molecule has 108 valence electrons. The number of carboxylic acids is 1. The highest BCUT2D eigenvalue weighted by atomic mass is 16.4. The quantitative estimate of drug-likeness (QED) is 0.887. The number of benzene rings is 1. The normalized spacial score (nSPS) is 22.2. The fourth-order valence-electron chi connectivity index (χ4n) is 2.80. The highest BCUT2D eigenvalue weighted by Gasteiger charge is 2.35. The van der Waals surface area contributed by atoms with E-state index in [1.165, 1.54) is 5.56 Å². The molecule has 2 rings (SSSR count). The molecule has 0 heterocycles. The Labute approximate surface area is 119 Å². The molecule has 0 saturated heterocycles. The van der Waals surface area contributed by atoms with E-state index in [2.05, 4.69) is 12.2 Å². The summed E-state index contributed by atoms with van der Waals surface area (Å²) in [7, 11) is 0. The van der Waals surface area contributed by atoms with Crippen molar-refractivity contribution in [2.75, 3.05) is 5.32 Å². The number of rotatable bonds is 4. The van der Waals surface area contributed by atoms with Crippen molar-refractivity contribution in [1.29, 1.82) is 0 Å². The SMILES string of the molecule is CCc1ccc(NC(=O)[C@H]2CCCC[C@H]2C(=O)O)cc1. The van der Waals surface area contributed by atoms with Gasteiger partial charge in [0.1, 0.15) is 0 Å². The van der Waals surface area contributed by atoms with Gasteiger partial charge < -0.3 is 10.4 Å². The fourth-order valence-corrected chi connectivity index (χ4v) is 2.80. The summed E-state index contributed by atoms with van der Waals surface area (Å²) in [6.45, 7) is 2.08. The van der Waals surface area contributed by atoms with E-state index in [-0.39, 0.29) is 5.91 Å². The predicted molar refractivity (Wildman–Crippen MR) is 77.5 cm³/mol. The van der Waals surface area contributed by atoms with Crippen molar-refractivity contribution in [1.82, 2.24) is 0 Å². The molecule has 0 aliphatic heterocycles. The molecule has 1 saturated carbocycles. The molecule has 20 heavy (non-hydrogen) atoms. The Balaban J connectivity index is 2.03. The van der Waals surface area contributed by atoms with Crippen LogP contribution in [0.1, 0.15) is 38.2 Å². The maximum Gasteiger partial charge on any atom is 0.307 e. The zero-order chi connectivity index (χ0) is 14.5. The molecule has 1 aliphatic rings. The maximum atomic E-state index is 12.3. The zero-order valence-corrected chi connectivity index (χ0v) is 11.8. The zero-order valence-electron chi connectivity index (χ0n) is 11.8. The molecular weight excluding hydrogens is 254 g/mol. The number of hydrogen-bond donors (Lipinski definition) is 2. The van der Waals surface area contributed by atoms with Gasteiger partial charge in [0.05, 0.1) is 11.8 Å². The lowest BCUT2D eigenvalue weighted by Gasteiger charge is -2.27. The molecule has 1 fully saturated rings. The first-order valence-electron chi connectivity index (χ1n) is 7.24. The highest BCUT2D eigenvalue weighted by molar-refractivity contribution is 5.95. The lowest BCUT2D eigenvalue weighted by atomic mass is 9.78. The molecule has 2 atom stereocenters. The Morgan fingerprint density at radius 2 is 1.75 bits per heavy atom. The molecule has 4 nitrogen and oxygen atoms in total. The molecule has 1 aromatic carbocycles. The van der Waals surface area contributed by atoms with Crippen LogP contribution >= 0.6 is 0 Å². The van der Waals surface area contributed by atoms with Crippen LogP contribution in [0.25, 0.3) is 0 Å². The number of carboxylic acid groups (broad SMARTS) is 1. The van der Waals surface area contributed by atoms with Crippen molar-refractivity contribution >= 4 is 17.6 Å². The van der Waals surface area contributed by atoms with E-state index in [1.807, 2.05) is 24.3 Å². The van der Waals surface area contributed by atoms with Gasteiger partial charge in [0.2, 0.25) is 5.91 Å². The van der Waals surface area contributed by atoms with Gasteiger partial charge in [-0.3, -0.25) is 9.59 Å². The Hall–Kier alpha value is -1.84. The predicted octanol–water partition coefficient (Wildman–Crippen LogP) is 3.08. The number of aliphatic carboxylic acids is 1. The van der Waals surface area contributed by atoms with E-state index >= 15 is 0 Å². The summed E-state index contributed by atoms with van der Waals surface area (Å²) in [5.41, 5.74) is 1.95. The topological polar surface area (TPSA) is 66.4 Å². The summed E-state index contributed by atoms with van der Waals surface area (Å²) in [5, 5.41) is 12.1. The standard InChI is InChI=1S/C16H21NO3/c1-2-11-7-9-12(10-8-11)17-15(18)13-5-3-4-6-14(13)16(19)20/h7-10,13-14H,2-6H2,1H3,(H,17,18)(H,19,20)/t13-,14+/m0/s1. The Morgan fingerprint density at radius 1 is 1.15 bits per heavy atom. The van der Waals surface area contributed by atoms with Gasteiger partial charge in [-0.1, -0.05) is 31.9 Å². The van der Waals surface area contributed by atoms with Crippen molar-refractivity contribution in [2.24, 2.45) is 11.8 Å². The Morgan fingerprint density at radius 3 is 2.30 bits per heavy atom. The molecule has 0 radical (unpaired) electrons. The number of nitrogens with one attached hydrogen (secondary N) is 1. The average Bonchev–Trinajstić information content (AvgIpc) is 2.48. The minimum absolute atomic E-state index is 0.165. The molecule has 0 spiro atoms. The van der Waals surface area contributed by atoms with Gasteiger partial charge in [0.25, 0.3) is 0 Å². The summed E-state index contributed by atoms with van der Waals surface area (Å²) in [5.74, 6) is -1.97. The number of aryl methyl sites for hydroxylation is 1. The van der Waals surface area contributed by atoms with E-state index < -0.39 is 17.8 Å². The molecule has 2 N–H and O–H groups in total. The second-order valence-corrected chi connectivity index (χ2v) is 5.38. The van der Waals surface area contributed by atoms with Gasteiger partial charge in [-0.15, -0.1) is 0 Å². The van der Waals surface area contributed by atoms with Crippen LogP contribution in [-0.4, -0.2) is 17.0 Å². The number of amides is 1. The van der Waals surface area contributed by atoms with E-state index in [0.717, 1.165) is 24.9 Å². The lowest BCUT2D eigenvalue weighted by Crippen LogP contribution is -2.36. The minimum atomic E-state index is -0.855. The van der Waals surface area contributed by atoms with Crippen molar-refractivity contribution in [3.63, 3.8) is 0 Å². The smallest absolute Gasteiger partial charge is 0.307 e. The maximum absolute atomic E-state index is 12.3. The van der Waals surface area contributed by atoms with Crippen LogP contribution in [0, 0.1) is 11.8 Å². The average molecular weight is 275 g/mol. The van der Waals surface area contributed by atoms with E-state index in [4.69, 9.17) is 0 Å². The number of carbonyl (C=O) groups excluding carboxylic acids is 1. The lowest BCUT2D eigenvalue weighted by molar-refractivity contribution is -0.147. The van der Waals surface area contributed by atoms with Crippen LogP contribution < -0.4 is 5.32 Å². The first kappa shape index (κ1) is 14.6. The summed E-state index contributed by atoms with van der Waals surface area (Å²) in [4.78, 5) is 23.5. The number of anilines is 1. The highest BCUT2D eigenvalue weighted by Crippen LogP contribution is 2.31. The van der Waals surface area contributed by atoms with Crippen molar-refractivity contribution < 1.29 is 14.7 Å². The second-order valence-electron chi connectivity index (χ2n) is 5.38. The molecule has 0 unspecified atom stereocenters. The minimum Gasteiger partial charge on any atom is -0.481 e. The van der Waals surface area contributed by atoms with Crippen LogP contribution in [0.5, 0.6) is 0 Å². The first-order valence-corrected chi connectivity index (χ1v) is 7.24. The first-order chi connectivity index (χ1) is 9.61. The van der Waals surface area contributed by atoms with Crippen molar-refractivity contribution in [3.05, 3.63) is 29.8 Å². The summed E-state index contributed by atoms with van der Waals surface area (Å²) in [6.07, 6.45) is 4.04. The molecule has 4 heteroatoms. The van der Waals surface area contributed by atoms with E-state index in [1.54, 1.807) is 0 Å². The van der Waals surface area contributed by atoms with Gasteiger partial charge in [0.15, 0.2) is 0 Å². The molecular formula is C16H21NO3. The van der Waals surface area contributed by atoms with Crippen LogP contribution in [-0.2, 0) is 16.0 Å².